The maximum Gasteiger partial charge on any atom is 0.171 e. The lowest BCUT2D eigenvalue weighted by Gasteiger charge is -2.10. The Morgan fingerprint density at radius 3 is 2.94 bits per heavy atom. The van der Waals surface area contributed by atoms with Crippen LogP contribution in [0.15, 0.2) is 29.5 Å². The van der Waals surface area contributed by atoms with Crippen LogP contribution < -0.4 is 5.32 Å². The van der Waals surface area contributed by atoms with Crippen molar-refractivity contribution in [3.05, 3.63) is 42.0 Å². The maximum atomic E-state index is 13.7. The SMILES string of the molecule is Fc1ccc(-n2ncnc2C2N=CCN2)c(F)c1. The van der Waals surface area contributed by atoms with E-state index in [-0.39, 0.29) is 11.9 Å². The first-order chi connectivity index (χ1) is 8.75. The van der Waals surface area contributed by atoms with E-state index < -0.39 is 11.6 Å². The fourth-order valence-electron chi connectivity index (χ4n) is 1.81. The summed E-state index contributed by atoms with van der Waals surface area (Å²) in [6.07, 6.45) is 2.68. The van der Waals surface area contributed by atoms with Crippen LogP contribution in [0.3, 0.4) is 0 Å². The molecule has 2 heterocycles. The van der Waals surface area contributed by atoms with Gasteiger partial charge in [-0.2, -0.15) is 5.10 Å². The number of aliphatic imine (C=N–C) groups is 1. The van der Waals surface area contributed by atoms with Crippen molar-refractivity contribution in [2.45, 2.75) is 6.17 Å². The van der Waals surface area contributed by atoms with Gasteiger partial charge in [-0.1, -0.05) is 0 Å². The molecule has 2 aromatic rings. The number of benzene rings is 1. The minimum absolute atomic E-state index is 0.146. The second kappa shape index (κ2) is 4.26. The average molecular weight is 249 g/mol. The number of nitrogens with zero attached hydrogens (tertiary/aromatic N) is 4. The van der Waals surface area contributed by atoms with E-state index in [0.29, 0.717) is 12.4 Å². The molecule has 0 amide bonds. The molecule has 1 aliphatic heterocycles. The summed E-state index contributed by atoms with van der Waals surface area (Å²) in [5.74, 6) is -0.854. The number of rotatable bonds is 2. The highest BCUT2D eigenvalue weighted by atomic mass is 19.1. The molecular formula is C11H9F2N5. The first kappa shape index (κ1) is 11.0. The molecule has 1 atom stereocenters. The molecule has 0 saturated heterocycles. The summed E-state index contributed by atoms with van der Waals surface area (Å²) in [4.78, 5) is 8.21. The molecule has 0 spiro atoms. The first-order valence-corrected chi connectivity index (χ1v) is 5.36. The van der Waals surface area contributed by atoms with Crippen molar-refractivity contribution in [3.8, 4) is 5.69 Å². The number of hydrogen-bond acceptors (Lipinski definition) is 4. The Labute approximate surface area is 101 Å². The van der Waals surface area contributed by atoms with Crippen molar-refractivity contribution in [2.24, 2.45) is 4.99 Å². The molecular weight excluding hydrogens is 240 g/mol. The quantitative estimate of drug-likeness (QED) is 0.870. The van der Waals surface area contributed by atoms with E-state index in [1.807, 2.05) is 0 Å². The lowest BCUT2D eigenvalue weighted by atomic mass is 10.3. The van der Waals surface area contributed by atoms with Crippen LogP contribution in [0.25, 0.3) is 5.69 Å². The fraction of sp³-hybridized carbons (Fsp3) is 0.182. The number of aromatic nitrogens is 3. The van der Waals surface area contributed by atoms with Gasteiger partial charge < -0.3 is 0 Å². The molecule has 1 aliphatic rings. The van der Waals surface area contributed by atoms with Gasteiger partial charge in [0.1, 0.15) is 17.8 Å². The highest BCUT2D eigenvalue weighted by molar-refractivity contribution is 5.62. The van der Waals surface area contributed by atoms with Gasteiger partial charge in [0.2, 0.25) is 0 Å². The Kier molecular flexibility index (Phi) is 2.60. The summed E-state index contributed by atoms with van der Waals surface area (Å²) in [7, 11) is 0. The van der Waals surface area contributed by atoms with E-state index in [0.717, 1.165) is 6.07 Å². The van der Waals surface area contributed by atoms with E-state index in [1.54, 1.807) is 6.21 Å². The normalized spacial score (nSPS) is 18.4. The molecule has 1 N–H and O–H groups in total. The van der Waals surface area contributed by atoms with Crippen LogP contribution >= 0.6 is 0 Å². The number of hydrogen-bond donors (Lipinski definition) is 1. The predicted octanol–water partition coefficient (Wildman–Crippen LogP) is 1.22. The Hall–Kier alpha value is -2.15. The zero-order chi connectivity index (χ0) is 12.5. The molecule has 0 fully saturated rings. The molecule has 0 saturated carbocycles. The van der Waals surface area contributed by atoms with Crippen molar-refractivity contribution >= 4 is 6.21 Å². The zero-order valence-electron chi connectivity index (χ0n) is 9.22. The first-order valence-electron chi connectivity index (χ1n) is 5.36. The van der Waals surface area contributed by atoms with Gasteiger partial charge >= 0.3 is 0 Å². The van der Waals surface area contributed by atoms with Gasteiger partial charge in [-0.05, 0) is 12.1 Å². The van der Waals surface area contributed by atoms with Crippen LogP contribution in [0.4, 0.5) is 8.78 Å². The smallest absolute Gasteiger partial charge is 0.171 e. The average Bonchev–Trinajstić information content (AvgIpc) is 2.98. The minimum atomic E-state index is -0.691. The van der Waals surface area contributed by atoms with Crippen molar-refractivity contribution in [3.63, 3.8) is 0 Å². The van der Waals surface area contributed by atoms with Crippen LogP contribution in [-0.4, -0.2) is 27.5 Å². The zero-order valence-corrected chi connectivity index (χ0v) is 9.22. The highest BCUT2D eigenvalue weighted by Gasteiger charge is 2.21. The van der Waals surface area contributed by atoms with Crippen LogP contribution in [0.1, 0.15) is 12.0 Å². The number of halogens is 2. The Morgan fingerprint density at radius 1 is 1.33 bits per heavy atom. The molecule has 7 heteroatoms. The molecule has 1 aromatic carbocycles. The molecule has 1 aromatic heterocycles. The number of nitrogens with one attached hydrogen (secondary N) is 1. The maximum absolute atomic E-state index is 13.7. The third kappa shape index (κ3) is 1.78. The summed E-state index contributed by atoms with van der Waals surface area (Å²) >= 11 is 0. The largest absolute Gasteiger partial charge is 0.284 e. The summed E-state index contributed by atoms with van der Waals surface area (Å²) in [6.45, 7) is 0.628. The molecule has 1 unspecified atom stereocenters. The molecule has 5 nitrogen and oxygen atoms in total. The summed E-state index contributed by atoms with van der Waals surface area (Å²) in [5.41, 5.74) is 0.146. The van der Waals surface area contributed by atoms with Gasteiger partial charge in [-0.3, -0.25) is 10.3 Å². The Morgan fingerprint density at radius 2 is 2.22 bits per heavy atom. The van der Waals surface area contributed by atoms with Crippen molar-refractivity contribution in [1.29, 1.82) is 0 Å². The van der Waals surface area contributed by atoms with E-state index in [4.69, 9.17) is 0 Å². The van der Waals surface area contributed by atoms with Crippen LogP contribution in [0.2, 0.25) is 0 Å². The predicted molar refractivity (Wildman–Crippen MR) is 60.5 cm³/mol. The fourth-order valence-corrected chi connectivity index (χ4v) is 1.81. The molecule has 92 valence electrons. The molecule has 0 aliphatic carbocycles. The van der Waals surface area contributed by atoms with Gasteiger partial charge in [0.25, 0.3) is 0 Å². The third-order valence-electron chi connectivity index (χ3n) is 2.61. The van der Waals surface area contributed by atoms with Crippen molar-refractivity contribution < 1.29 is 8.78 Å². The van der Waals surface area contributed by atoms with E-state index >= 15 is 0 Å². The highest BCUT2D eigenvalue weighted by Crippen LogP contribution is 2.20. The topological polar surface area (TPSA) is 55.1 Å². The second-order valence-electron chi connectivity index (χ2n) is 3.77. The lowest BCUT2D eigenvalue weighted by molar-refractivity contribution is 0.551. The van der Waals surface area contributed by atoms with Crippen molar-refractivity contribution in [2.75, 3.05) is 6.54 Å². The molecule has 18 heavy (non-hydrogen) atoms. The molecule has 3 rings (SSSR count). The van der Waals surface area contributed by atoms with Gasteiger partial charge in [-0.15, -0.1) is 0 Å². The lowest BCUT2D eigenvalue weighted by Crippen LogP contribution is -2.19. The minimum Gasteiger partial charge on any atom is -0.284 e. The van der Waals surface area contributed by atoms with Crippen LogP contribution in [-0.2, 0) is 0 Å². The third-order valence-corrected chi connectivity index (χ3v) is 2.61. The molecule has 0 bridgehead atoms. The summed E-state index contributed by atoms with van der Waals surface area (Å²) < 4.78 is 27.9. The monoisotopic (exact) mass is 249 g/mol. The van der Waals surface area contributed by atoms with Gasteiger partial charge in [-0.25, -0.2) is 18.4 Å². The van der Waals surface area contributed by atoms with Crippen LogP contribution in [0.5, 0.6) is 0 Å². The Balaban J connectivity index is 2.06. The van der Waals surface area contributed by atoms with Crippen molar-refractivity contribution in [1.82, 2.24) is 20.1 Å². The van der Waals surface area contributed by atoms with E-state index in [9.17, 15) is 8.78 Å². The molecule has 0 radical (unpaired) electrons. The second-order valence-corrected chi connectivity index (χ2v) is 3.77. The van der Waals surface area contributed by atoms with Gasteiger partial charge in [0, 0.05) is 18.8 Å². The Bertz CT molecular complexity index is 607. The van der Waals surface area contributed by atoms with Crippen LogP contribution in [0, 0.1) is 11.6 Å². The van der Waals surface area contributed by atoms with Gasteiger partial charge in [0.05, 0.1) is 0 Å². The van der Waals surface area contributed by atoms with E-state index in [2.05, 4.69) is 20.4 Å². The summed E-state index contributed by atoms with van der Waals surface area (Å²) in [5, 5.41) is 7.01. The van der Waals surface area contributed by atoms with Gasteiger partial charge in [0.15, 0.2) is 17.8 Å². The van der Waals surface area contributed by atoms with E-state index in [1.165, 1.54) is 23.1 Å². The standard InChI is InChI=1S/C11H9F2N5/c12-7-1-2-9(8(13)5-7)18-11(16-6-17-18)10-14-3-4-15-10/h1-3,5-6,10,15H,4H2. The summed E-state index contributed by atoms with van der Waals surface area (Å²) in [6, 6.07) is 3.31.